The predicted octanol–water partition coefficient (Wildman–Crippen LogP) is 5.96. The van der Waals surface area contributed by atoms with Crippen molar-refractivity contribution in [2.45, 2.75) is 13.8 Å². The summed E-state index contributed by atoms with van der Waals surface area (Å²) in [5.74, 6) is 0.709. The number of methoxy groups -OCH3 is 1. The molecule has 38 heavy (non-hydrogen) atoms. The summed E-state index contributed by atoms with van der Waals surface area (Å²) >= 11 is 7.67. The molecule has 0 atom stereocenters. The minimum atomic E-state index is -0.337. The van der Waals surface area contributed by atoms with Crippen molar-refractivity contribution in [3.63, 3.8) is 0 Å². The highest BCUT2D eigenvalue weighted by Gasteiger charge is 2.24. The molecule has 3 aromatic carbocycles. The van der Waals surface area contributed by atoms with Crippen molar-refractivity contribution in [2.75, 3.05) is 25.6 Å². The fraction of sp³-hybridized carbons (Fsp3) is 0.179. The minimum Gasteiger partial charge on any atom is -0.494 e. The minimum absolute atomic E-state index is 0.233. The lowest BCUT2D eigenvalue weighted by molar-refractivity contribution is -0.118. The molecular weight excluding hydrogens is 526 g/mol. The molecule has 1 aliphatic rings. The van der Waals surface area contributed by atoms with Crippen LogP contribution in [0.5, 0.6) is 17.2 Å². The van der Waals surface area contributed by atoms with E-state index < -0.39 is 0 Å². The Balaban J connectivity index is 1.44. The number of aryl methyl sites for hydroxylation is 1. The molecule has 3 aromatic rings. The van der Waals surface area contributed by atoms with E-state index in [-0.39, 0.29) is 29.2 Å². The number of benzene rings is 3. The number of carbonyl (C=O) groups excluding carboxylic acids is 2. The standard InChI is InChI=1S/C28H26ClN3O5S/c1-4-36-21-11-9-20(10-12-21)31-28-32-27(34)24(38-28)15-18-13-22(29)26(23(14-18)35-3)37-16-25(33)30-19-7-5-17(2)6-8-19/h5-15H,4,16H2,1-3H3,(H,30,33)(H,31,32,34)/b24-15+. The molecule has 0 radical (unpaired) electrons. The van der Waals surface area contributed by atoms with Gasteiger partial charge in [0.25, 0.3) is 11.8 Å². The Labute approximate surface area is 230 Å². The molecule has 1 heterocycles. The number of ether oxygens (including phenoxy) is 3. The lowest BCUT2D eigenvalue weighted by Crippen LogP contribution is -2.20. The molecular formula is C28H26ClN3O5S. The van der Waals surface area contributed by atoms with Crippen LogP contribution in [0.2, 0.25) is 5.02 Å². The summed E-state index contributed by atoms with van der Waals surface area (Å²) in [5, 5.41) is 6.24. The van der Waals surface area contributed by atoms with Crippen LogP contribution in [-0.2, 0) is 9.59 Å². The smallest absolute Gasteiger partial charge is 0.264 e. The zero-order chi connectivity index (χ0) is 27.1. The number of anilines is 1. The SMILES string of the molecule is CCOc1ccc(N=C2NC(=O)/C(=C\c3cc(Cl)c(OCC(=O)Nc4ccc(C)cc4)c(OC)c3)S2)cc1. The van der Waals surface area contributed by atoms with Crippen LogP contribution >= 0.6 is 23.4 Å². The van der Waals surface area contributed by atoms with Gasteiger partial charge in [-0.05, 0) is 85.8 Å². The fourth-order valence-corrected chi connectivity index (χ4v) is 4.58. The molecule has 0 aliphatic carbocycles. The van der Waals surface area contributed by atoms with Crippen LogP contribution in [0.3, 0.4) is 0 Å². The monoisotopic (exact) mass is 551 g/mol. The molecule has 2 N–H and O–H groups in total. The maximum absolute atomic E-state index is 12.5. The van der Waals surface area contributed by atoms with Gasteiger partial charge in [0.05, 0.1) is 29.3 Å². The highest BCUT2D eigenvalue weighted by atomic mass is 35.5. The Kier molecular flexibility index (Phi) is 8.93. The lowest BCUT2D eigenvalue weighted by atomic mass is 10.2. The van der Waals surface area contributed by atoms with Crippen molar-refractivity contribution in [1.29, 1.82) is 0 Å². The molecule has 196 valence electrons. The average Bonchev–Trinajstić information content (AvgIpc) is 3.23. The van der Waals surface area contributed by atoms with Gasteiger partial charge in [-0.3, -0.25) is 9.59 Å². The Morgan fingerprint density at radius 3 is 2.53 bits per heavy atom. The van der Waals surface area contributed by atoms with Gasteiger partial charge in [0.1, 0.15) is 5.75 Å². The van der Waals surface area contributed by atoms with Crippen LogP contribution in [0.15, 0.2) is 70.6 Å². The summed E-state index contributed by atoms with van der Waals surface area (Å²) in [6, 6.07) is 18.0. The van der Waals surface area contributed by atoms with Crippen LogP contribution < -0.4 is 24.8 Å². The maximum atomic E-state index is 12.5. The zero-order valence-corrected chi connectivity index (χ0v) is 22.6. The third-order valence-electron chi connectivity index (χ3n) is 5.26. The maximum Gasteiger partial charge on any atom is 0.264 e. The molecule has 2 amide bonds. The van der Waals surface area contributed by atoms with E-state index in [1.54, 1.807) is 18.2 Å². The van der Waals surface area contributed by atoms with Gasteiger partial charge in [-0.1, -0.05) is 29.3 Å². The summed E-state index contributed by atoms with van der Waals surface area (Å²) < 4.78 is 16.5. The summed E-state index contributed by atoms with van der Waals surface area (Å²) in [4.78, 5) is 29.8. The second-order valence-electron chi connectivity index (χ2n) is 8.15. The summed E-state index contributed by atoms with van der Waals surface area (Å²) in [6.07, 6.45) is 1.68. The Bertz CT molecular complexity index is 1390. The van der Waals surface area contributed by atoms with Gasteiger partial charge in [0.15, 0.2) is 23.3 Å². The number of nitrogens with one attached hydrogen (secondary N) is 2. The summed E-state index contributed by atoms with van der Waals surface area (Å²) in [7, 11) is 1.47. The van der Waals surface area contributed by atoms with E-state index in [4.69, 9.17) is 25.8 Å². The molecule has 1 aliphatic heterocycles. The first-order valence-electron chi connectivity index (χ1n) is 11.7. The molecule has 0 unspecified atom stereocenters. The van der Waals surface area contributed by atoms with Crippen molar-refractivity contribution < 1.29 is 23.8 Å². The number of thioether (sulfide) groups is 1. The second kappa shape index (κ2) is 12.5. The van der Waals surface area contributed by atoms with Crippen molar-refractivity contribution in [3.8, 4) is 17.2 Å². The molecule has 0 bridgehead atoms. The Hall–Kier alpha value is -3.95. The average molecular weight is 552 g/mol. The number of nitrogens with zero attached hydrogens (tertiary/aromatic N) is 1. The quantitative estimate of drug-likeness (QED) is 0.318. The van der Waals surface area contributed by atoms with E-state index in [0.717, 1.165) is 11.3 Å². The van der Waals surface area contributed by atoms with Gasteiger partial charge in [0.2, 0.25) is 0 Å². The number of aliphatic imine (C=N–C) groups is 1. The zero-order valence-electron chi connectivity index (χ0n) is 21.0. The number of hydrogen-bond donors (Lipinski definition) is 2. The largest absolute Gasteiger partial charge is 0.494 e. The molecule has 8 nitrogen and oxygen atoms in total. The van der Waals surface area contributed by atoms with E-state index in [2.05, 4.69) is 15.6 Å². The molecule has 1 fully saturated rings. The Morgan fingerprint density at radius 1 is 1.11 bits per heavy atom. The van der Waals surface area contributed by atoms with E-state index >= 15 is 0 Å². The van der Waals surface area contributed by atoms with Crippen molar-refractivity contribution in [2.24, 2.45) is 4.99 Å². The highest BCUT2D eigenvalue weighted by molar-refractivity contribution is 8.18. The van der Waals surface area contributed by atoms with Crippen molar-refractivity contribution in [1.82, 2.24) is 5.32 Å². The normalized spacial score (nSPS) is 14.9. The van der Waals surface area contributed by atoms with E-state index in [1.807, 2.05) is 62.4 Å². The van der Waals surface area contributed by atoms with Gasteiger partial charge >= 0.3 is 0 Å². The highest BCUT2D eigenvalue weighted by Crippen LogP contribution is 2.38. The van der Waals surface area contributed by atoms with Gasteiger partial charge in [-0.15, -0.1) is 0 Å². The number of halogens is 1. The third kappa shape index (κ3) is 7.08. The summed E-state index contributed by atoms with van der Waals surface area (Å²) in [5.41, 5.74) is 3.08. The summed E-state index contributed by atoms with van der Waals surface area (Å²) in [6.45, 7) is 4.21. The van der Waals surface area contributed by atoms with E-state index in [1.165, 1.54) is 18.9 Å². The van der Waals surface area contributed by atoms with Crippen molar-refractivity contribution >= 4 is 57.8 Å². The van der Waals surface area contributed by atoms with E-state index in [9.17, 15) is 9.59 Å². The van der Waals surface area contributed by atoms with Crippen molar-refractivity contribution in [3.05, 3.63) is 81.7 Å². The van der Waals surface area contributed by atoms with Crippen LogP contribution in [0.4, 0.5) is 11.4 Å². The Morgan fingerprint density at radius 2 is 1.84 bits per heavy atom. The number of amidine groups is 1. The third-order valence-corrected chi connectivity index (χ3v) is 6.45. The second-order valence-corrected chi connectivity index (χ2v) is 9.58. The number of carbonyl (C=O) groups is 2. The number of rotatable bonds is 9. The van der Waals surface area contributed by atoms with Crippen LogP contribution in [0, 0.1) is 6.92 Å². The van der Waals surface area contributed by atoms with Gasteiger partial charge in [-0.2, -0.15) is 0 Å². The fourth-order valence-electron chi connectivity index (χ4n) is 3.47. The molecule has 0 spiro atoms. The predicted molar refractivity (Wildman–Crippen MR) is 152 cm³/mol. The molecule has 4 rings (SSSR count). The van der Waals surface area contributed by atoms with Crippen LogP contribution in [0.25, 0.3) is 6.08 Å². The first kappa shape index (κ1) is 27.1. The van der Waals surface area contributed by atoms with Crippen LogP contribution in [-0.4, -0.2) is 37.3 Å². The van der Waals surface area contributed by atoms with Gasteiger partial charge < -0.3 is 24.8 Å². The molecule has 0 aromatic heterocycles. The number of amides is 2. The first-order valence-corrected chi connectivity index (χ1v) is 12.9. The van der Waals surface area contributed by atoms with Gasteiger partial charge in [-0.25, -0.2) is 4.99 Å². The van der Waals surface area contributed by atoms with E-state index in [0.29, 0.717) is 39.4 Å². The number of hydrogen-bond acceptors (Lipinski definition) is 7. The lowest BCUT2D eigenvalue weighted by Gasteiger charge is -2.13. The first-order chi connectivity index (χ1) is 18.3. The molecule has 10 heteroatoms. The van der Waals surface area contributed by atoms with Crippen LogP contribution in [0.1, 0.15) is 18.1 Å². The molecule has 0 saturated carbocycles. The molecule has 1 saturated heterocycles. The topological polar surface area (TPSA) is 98.3 Å². The van der Waals surface area contributed by atoms with Gasteiger partial charge in [0, 0.05) is 5.69 Å².